The van der Waals surface area contributed by atoms with Gasteiger partial charge in [0.2, 0.25) is 5.91 Å². The van der Waals surface area contributed by atoms with Gasteiger partial charge in [-0.3, -0.25) is 9.59 Å². The van der Waals surface area contributed by atoms with Crippen LogP contribution in [0.15, 0.2) is 46.9 Å². The fraction of sp³-hybridized carbons (Fsp3) is 0.417. The molecule has 1 amide bonds. The van der Waals surface area contributed by atoms with Crippen LogP contribution in [0.3, 0.4) is 0 Å². The minimum Gasteiger partial charge on any atom is -0.486 e. The van der Waals surface area contributed by atoms with Gasteiger partial charge in [0.1, 0.15) is 13.2 Å². The maximum Gasteiger partial charge on any atom is 0.233 e. The predicted octanol–water partition coefficient (Wildman–Crippen LogP) is 4.37. The number of benzene rings is 2. The fourth-order valence-electron chi connectivity index (χ4n) is 4.60. The molecule has 2 aromatic rings. The van der Waals surface area contributed by atoms with E-state index in [1.807, 2.05) is 41.3 Å². The molecule has 5 rings (SSSR count). The van der Waals surface area contributed by atoms with Crippen molar-refractivity contribution in [2.45, 2.75) is 31.1 Å². The molecule has 0 atom stereocenters. The summed E-state index contributed by atoms with van der Waals surface area (Å²) >= 11 is 3.46. The van der Waals surface area contributed by atoms with Gasteiger partial charge < -0.3 is 14.4 Å². The monoisotopic (exact) mass is 469 g/mol. The van der Waals surface area contributed by atoms with Crippen LogP contribution in [0.1, 0.15) is 41.6 Å². The van der Waals surface area contributed by atoms with E-state index in [2.05, 4.69) is 15.9 Å². The lowest BCUT2D eigenvalue weighted by atomic mass is 9.87. The number of carbonyl (C=O) groups excluding carboxylic acids is 2. The number of hydrogen-bond acceptors (Lipinski definition) is 4. The Kier molecular flexibility index (Phi) is 5.05. The molecule has 6 heteroatoms. The number of piperidine rings is 1. The number of fused-ring (bicyclic) bond motifs is 1. The summed E-state index contributed by atoms with van der Waals surface area (Å²) in [7, 11) is 0. The molecule has 2 heterocycles. The third kappa shape index (κ3) is 3.51. The van der Waals surface area contributed by atoms with E-state index >= 15 is 0 Å². The molecule has 0 spiro atoms. The van der Waals surface area contributed by atoms with Gasteiger partial charge in [-0.15, -0.1) is 0 Å². The van der Waals surface area contributed by atoms with Gasteiger partial charge in [-0.05, 0) is 61.6 Å². The van der Waals surface area contributed by atoms with Crippen LogP contribution in [0.5, 0.6) is 11.5 Å². The molecule has 0 unspecified atom stereocenters. The average molecular weight is 470 g/mol. The number of rotatable bonds is 4. The second kappa shape index (κ2) is 7.73. The Hall–Kier alpha value is -2.34. The van der Waals surface area contributed by atoms with E-state index < -0.39 is 0 Å². The van der Waals surface area contributed by atoms with Crippen molar-refractivity contribution in [2.24, 2.45) is 5.92 Å². The highest BCUT2D eigenvalue weighted by Gasteiger charge is 2.53. The average Bonchev–Trinajstić information content (AvgIpc) is 3.60. The highest BCUT2D eigenvalue weighted by atomic mass is 79.9. The Morgan fingerprint density at radius 2 is 1.60 bits per heavy atom. The van der Waals surface area contributed by atoms with Crippen molar-refractivity contribution in [1.29, 1.82) is 0 Å². The van der Waals surface area contributed by atoms with E-state index in [-0.39, 0.29) is 23.0 Å². The minimum atomic E-state index is -0.354. The molecule has 156 valence electrons. The molecule has 0 radical (unpaired) electrons. The van der Waals surface area contributed by atoms with Crippen LogP contribution in [0.2, 0.25) is 0 Å². The van der Waals surface area contributed by atoms with Gasteiger partial charge in [-0.2, -0.15) is 0 Å². The fourth-order valence-corrected chi connectivity index (χ4v) is 4.86. The number of ether oxygens (including phenoxy) is 2. The number of amides is 1. The number of ketones is 1. The van der Waals surface area contributed by atoms with Gasteiger partial charge in [0, 0.05) is 29.0 Å². The molecule has 2 aliphatic heterocycles. The molecule has 0 bridgehead atoms. The molecule has 0 aromatic heterocycles. The summed E-state index contributed by atoms with van der Waals surface area (Å²) in [6.07, 6.45) is 3.22. The summed E-state index contributed by atoms with van der Waals surface area (Å²) in [5, 5.41) is 0. The highest BCUT2D eigenvalue weighted by molar-refractivity contribution is 9.10. The Morgan fingerprint density at radius 3 is 2.27 bits per heavy atom. The van der Waals surface area contributed by atoms with Gasteiger partial charge >= 0.3 is 0 Å². The Bertz CT molecular complexity index is 975. The van der Waals surface area contributed by atoms with Crippen molar-refractivity contribution in [3.8, 4) is 11.5 Å². The lowest BCUT2D eigenvalue weighted by Gasteiger charge is -2.34. The zero-order valence-electron chi connectivity index (χ0n) is 16.7. The smallest absolute Gasteiger partial charge is 0.233 e. The van der Waals surface area contributed by atoms with Crippen LogP contribution < -0.4 is 9.47 Å². The molecule has 3 aliphatic rings. The molecular weight excluding hydrogens is 446 g/mol. The van der Waals surface area contributed by atoms with E-state index in [1.54, 1.807) is 6.07 Å². The van der Waals surface area contributed by atoms with Crippen LogP contribution in [-0.2, 0) is 10.2 Å². The molecule has 2 aromatic carbocycles. The summed E-state index contributed by atoms with van der Waals surface area (Å²) in [5.74, 6) is 1.63. The summed E-state index contributed by atoms with van der Waals surface area (Å²) in [5.41, 5.74) is 1.41. The van der Waals surface area contributed by atoms with E-state index in [0.717, 1.165) is 22.9 Å². The van der Waals surface area contributed by atoms with Crippen molar-refractivity contribution in [1.82, 2.24) is 4.90 Å². The minimum absolute atomic E-state index is 0.0561. The van der Waals surface area contributed by atoms with Crippen LogP contribution in [0.25, 0.3) is 0 Å². The zero-order chi connectivity index (χ0) is 20.7. The van der Waals surface area contributed by atoms with Gasteiger partial charge in [0.15, 0.2) is 17.3 Å². The third-order valence-corrected chi connectivity index (χ3v) is 7.06. The molecule has 1 saturated heterocycles. The first kappa shape index (κ1) is 19.6. The van der Waals surface area contributed by atoms with Crippen LogP contribution in [0, 0.1) is 5.92 Å². The van der Waals surface area contributed by atoms with E-state index in [1.165, 1.54) is 0 Å². The van der Waals surface area contributed by atoms with Crippen LogP contribution in [0.4, 0.5) is 0 Å². The largest absolute Gasteiger partial charge is 0.486 e. The lowest BCUT2D eigenvalue weighted by molar-refractivity contribution is -0.135. The normalized spacial score (nSPS) is 20.0. The van der Waals surface area contributed by atoms with Crippen molar-refractivity contribution in [3.05, 3.63) is 58.1 Å². The Labute approximate surface area is 184 Å². The first-order valence-electron chi connectivity index (χ1n) is 10.6. The summed E-state index contributed by atoms with van der Waals surface area (Å²) < 4.78 is 12.2. The van der Waals surface area contributed by atoms with Crippen molar-refractivity contribution >= 4 is 27.6 Å². The van der Waals surface area contributed by atoms with Crippen molar-refractivity contribution in [2.75, 3.05) is 26.3 Å². The quantitative estimate of drug-likeness (QED) is 0.623. The molecule has 30 heavy (non-hydrogen) atoms. The SMILES string of the molecule is O=C(c1ccc2c(c1)OCCO2)C1CCN(C(=O)C2(c3ccc(Br)cc3)CC2)CC1. The van der Waals surface area contributed by atoms with Crippen LogP contribution in [-0.4, -0.2) is 42.9 Å². The first-order valence-corrected chi connectivity index (χ1v) is 11.4. The van der Waals surface area contributed by atoms with E-state index in [4.69, 9.17) is 9.47 Å². The number of likely N-dealkylation sites (tertiary alicyclic amines) is 1. The number of Topliss-reactive ketones (excluding diaryl/α,β-unsaturated/α-hetero) is 1. The second-order valence-electron chi connectivity index (χ2n) is 8.38. The number of hydrogen-bond donors (Lipinski definition) is 0. The summed E-state index contributed by atoms with van der Waals surface area (Å²) in [4.78, 5) is 28.3. The summed E-state index contributed by atoms with van der Waals surface area (Å²) in [6, 6.07) is 13.5. The van der Waals surface area contributed by atoms with Crippen molar-refractivity contribution < 1.29 is 19.1 Å². The third-order valence-electron chi connectivity index (χ3n) is 6.54. The number of nitrogens with zero attached hydrogens (tertiary/aromatic N) is 1. The van der Waals surface area contributed by atoms with E-state index in [0.29, 0.717) is 56.2 Å². The summed E-state index contributed by atoms with van der Waals surface area (Å²) in [6.45, 7) is 2.32. The molecule has 1 saturated carbocycles. The lowest BCUT2D eigenvalue weighted by Crippen LogP contribution is -2.45. The first-order chi connectivity index (χ1) is 14.6. The van der Waals surface area contributed by atoms with Gasteiger partial charge in [-0.25, -0.2) is 0 Å². The second-order valence-corrected chi connectivity index (χ2v) is 9.29. The molecule has 2 fully saturated rings. The predicted molar refractivity (Wildman–Crippen MR) is 116 cm³/mol. The van der Waals surface area contributed by atoms with Crippen LogP contribution >= 0.6 is 15.9 Å². The van der Waals surface area contributed by atoms with Gasteiger partial charge in [-0.1, -0.05) is 28.1 Å². The maximum atomic E-state index is 13.3. The molecule has 5 nitrogen and oxygen atoms in total. The van der Waals surface area contributed by atoms with Gasteiger partial charge in [0.05, 0.1) is 5.41 Å². The number of halogens is 1. The topological polar surface area (TPSA) is 55.8 Å². The van der Waals surface area contributed by atoms with Crippen molar-refractivity contribution in [3.63, 3.8) is 0 Å². The molecule has 0 N–H and O–H groups in total. The van der Waals surface area contributed by atoms with E-state index in [9.17, 15) is 9.59 Å². The zero-order valence-corrected chi connectivity index (χ0v) is 18.3. The maximum absolute atomic E-state index is 13.3. The Balaban J connectivity index is 1.24. The Morgan fingerprint density at radius 1 is 0.933 bits per heavy atom. The highest BCUT2D eigenvalue weighted by Crippen LogP contribution is 2.50. The molecule has 1 aliphatic carbocycles. The number of carbonyl (C=O) groups is 2. The van der Waals surface area contributed by atoms with Gasteiger partial charge in [0.25, 0.3) is 0 Å². The molecular formula is C24H24BrNO4. The standard InChI is InChI=1S/C24H24BrNO4/c25-19-4-2-18(3-5-19)24(9-10-24)23(28)26-11-7-16(8-12-26)22(27)17-1-6-20-21(15-17)30-14-13-29-20/h1-6,15-16H,7-14H2.